The number of hydrogen-bond donors (Lipinski definition) is 1. The van der Waals surface area contributed by atoms with Crippen LogP contribution in [0.4, 0.5) is 10.1 Å². The Balaban J connectivity index is 2.11. The smallest absolute Gasteiger partial charge is 0.160 e. The van der Waals surface area contributed by atoms with Gasteiger partial charge in [0.1, 0.15) is 12.2 Å². The van der Waals surface area contributed by atoms with E-state index in [-0.39, 0.29) is 10.0 Å². The summed E-state index contributed by atoms with van der Waals surface area (Å²) in [7, 11) is 0. The van der Waals surface area contributed by atoms with Crippen LogP contribution in [0, 0.1) is 5.82 Å². The molecule has 2 rings (SSSR count). The molecule has 0 aliphatic rings. The average Bonchev–Trinajstić information content (AvgIpc) is 2.80. The van der Waals surface area contributed by atoms with Gasteiger partial charge in [-0.2, -0.15) is 5.10 Å². The molecule has 0 bridgehead atoms. The first-order valence-electron chi connectivity index (χ1n) is 5.37. The number of rotatable bonds is 4. The second kappa shape index (κ2) is 5.54. The minimum Gasteiger partial charge on any atom is -0.378 e. The first-order valence-corrected chi connectivity index (χ1v) is 6.12. The quantitative estimate of drug-likeness (QED) is 0.878. The molecule has 1 aromatic heterocycles. The number of aromatic nitrogens is 3. The molecule has 1 N–H and O–H groups in total. The van der Waals surface area contributed by atoms with Crippen LogP contribution in [0.5, 0.6) is 0 Å². The summed E-state index contributed by atoms with van der Waals surface area (Å²) in [4.78, 5) is 4.11. The highest BCUT2D eigenvalue weighted by molar-refractivity contribution is 6.35. The SMILES string of the molecule is CCn1ncnc1CNc1cc(Cl)c(F)c(Cl)c1. The van der Waals surface area contributed by atoms with Crippen molar-refractivity contribution in [2.75, 3.05) is 5.32 Å². The van der Waals surface area contributed by atoms with Crippen LogP contribution in [0.15, 0.2) is 18.5 Å². The summed E-state index contributed by atoms with van der Waals surface area (Å²) in [5, 5.41) is 7.10. The van der Waals surface area contributed by atoms with Crippen LogP contribution >= 0.6 is 23.2 Å². The van der Waals surface area contributed by atoms with Crippen molar-refractivity contribution < 1.29 is 4.39 Å². The Morgan fingerprint density at radius 2 is 2.00 bits per heavy atom. The fraction of sp³-hybridized carbons (Fsp3) is 0.273. The van der Waals surface area contributed by atoms with Gasteiger partial charge in [-0.05, 0) is 19.1 Å². The van der Waals surface area contributed by atoms with E-state index in [1.54, 1.807) is 4.68 Å². The van der Waals surface area contributed by atoms with Crippen molar-refractivity contribution in [1.82, 2.24) is 14.8 Å². The highest BCUT2D eigenvalue weighted by Gasteiger charge is 2.08. The molecule has 7 heteroatoms. The van der Waals surface area contributed by atoms with Gasteiger partial charge in [-0.25, -0.2) is 14.1 Å². The summed E-state index contributed by atoms with van der Waals surface area (Å²) < 4.78 is 15.0. The van der Waals surface area contributed by atoms with Gasteiger partial charge in [0.2, 0.25) is 0 Å². The fourth-order valence-electron chi connectivity index (χ4n) is 1.53. The molecule has 1 aromatic carbocycles. The highest BCUT2D eigenvalue weighted by atomic mass is 35.5. The van der Waals surface area contributed by atoms with Crippen molar-refractivity contribution in [3.05, 3.63) is 40.1 Å². The predicted octanol–water partition coefficient (Wildman–Crippen LogP) is 3.36. The van der Waals surface area contributed by atoms with Crippen molar-refractivity contribution >= 4 is 28.9 Å². The molecule has 2 aromatic rings. The van der Waals surface area contributed by atoms with E-state index in [0.29, 0.717) is 12.2 Å². The van der Waals surface area contributed by atoms with Crippen molar-refractivity contribution in [1.29, 1.82) is 0 Å². The van der Waals surface area contributed by atoms with Gasteiger partial charge in [-0.15, -0.1) is 0 Å². The Labute approximate surface area is 114 Å². The highest BCUT2D eigenvalue weighted by Crippen LogP contribution is 2.27. The predicted molar refractivity (Wildman–Crippen MR) is 69.4 cm³/mol. The summed E-state index contributed by atoms with van der Waals surface area (Å²) in [5.41, 5.74) is 0.636. The molecule has 4 nitrogen and oxygen atoms in total. The normalized spacial score (nSPS) is 10.7. The summed E-state index contributed by atoms with van der Waals surface area (Å²) in [6.07, 6.45) is 1.49. The van der Waals surface area contributed by atoms with Crippen LogP contribution in [0.25, 0.3) is 0 Å². The van der Waals surface area contributed by atoms with Gasteiger partial charge in [-0.1, -0.05) is 23.2 Å². The monoisotopic (exact) mass is 288 g/mol. The van der Waals surface area contributed by atoms with Gasteiger partial charge in [-0.3, -0.25) is 0 Å². The summed E-state index contributed by atoms with van der Waals surface area (Å²) in [6.45, 7) is 3.18. The molecule has 0 unspecified atom stereocenters. The molecule has 18 heavy (non-hydrogen) atoms. The molecule has 0 atom stereocenters. The lowest BCUT2D eigenvalue weighted by molar-refractivity contribution is 0.621. The van der Waals surface area contributed by atoms with Crippen LogP contribution in [0.3, 0.4) is 0 Å². The molecule has 0 radical (unpaired) electrons. The summed E-state index contributed by atoms with van der Waals surface area (Å²) in [5.74, 6) is 0.176. The van der Waals surface area contributed by atoms with Crippen molar-refractivity contribution in [2.45, 2.75) is 20.0 Å². The minimum absolute atomic E-state index is 0.0121. The molecule has 0 saturated carbocycles. The summed E-state index contributed by atoms with van der Waals surface area (Å²) >= 11 is 11.4. The van der Waals surface area contributed by atoms with Gasteiger partial charge in [0.15, 0.2) is 5.82 Å². The Morgan fingerprint density at radius 1 is 1.33 bits per heavy atom. The average molecular weight is 289 g/mol. The van der Waals surface area contributed by atoms with Crippen molar-refractivity contribution in [3.63, 3.8) is 0 Å². The molecule has 0 aliphatic heterocycles. The van der Waals surface area contributed by atoms with Crippen LogP contribution in [-0.4, -0.2) is 14.8 Å². The number of benzene rings is 1. The first kappa shape index (κ1) is 13.1. The zero-order chi connectivity index (χ0) is 13.1. The maximum absolute atomic E-state index is 13.2. The van der Waals surface area contributed by atoms with Gasteiger partial charge in [0, 0.05) is 12.2 Å². The van der Waals surface area contributed by atoms with Crippen molar-refractivity contribution in [3.8, 4) is 0 Å². The van der Waals surface area contributed by atoms with E-state index in [1.807, 2.05) is 6.92 Å². The topological polar surface area (TPSA) is 42.7 Å². The molecule has 0 spiro atoms. The zero-order valence-electron chi connectivity index (χ0n) is 9.62. The zero-order valence-corrected chi connectivity index (χ0v) is 11.1. The maximum atomic E-state index is 13.2. The lowest BCUT2D eigenvalue weighted by Gasteiger charge is -2.08. The van der Waals surface area contributed by atoms with E-state index in [1.165, 1.54) is 18.5 Å². The number of nitrogens with zero attached hydrogens (tertiary/aromatic N) is 3. The third kappa shape index (κ3) is 2.73. The largest absolute Gasteiger partial charge is 0.378 e. The Morgan fingerprint density at radius 3 is 2.61 bits per heavy atom. The minimum atomic E-state index is -0.611. The number of anilines is 1. The molecule has 96 valence electrons. The van der Waals surface area contributed by atoms with Crippen LogP contribution < -0.4 is 5.32 Å². The number of aryl methyl sites for hydroxylation is 1. The van der Waals surface area contributed by atoms with Gasteiger partial charge in [0.25, 0.3) is 0 Å². The number of hydrogen-bond acceptors (Lipinski definition) is 3. The third-order valence-electron chi connectivity index (χ3n) is 2.43. The standard InChI is InChI=1S/C11H11Cl2FN4/c1-2-18-10(16-6-17-18)5-15-7-3-8(12)11(14)9(13)4-7/h3-4,6,15H,2,5H2,1H3. The van der Waals surface area contributed by atoms with E-state index >= 15 is 0 Å². The van der Waals surface area contributed by atoms with E-state index in [9.17, 15) is 4.39 Å². The maximum Gasteiger partial charge on any atom is 0.160 e. The second-order valence-corrected chi connectivity index (χ2v) is 4.41. The van der Waals surface area contributed by atoms with E-state index in [2.05, 4.69) is 15.4 Å². The molecule has 0 amide bonds. The van der Waals surface area contributed by atoms with Gasteiger partial charge in [0.05, 0.1) is 16.6 Å². The van der Waals surface area contributed by atoms with Gasteiger partial charge >= 0.3 is 0 Å². The molecule has 0 fully saturated rings. The van der Waals surface area contributed by atoms with Crippen LogP contribution in [0.1, 0.15) is 12.7 Å². The van der Waals surface area contributed by atoms with Crippen LogP contribution in [-0.2, 0) is 13.1 Å². The van der Waals surface area contributed by atoms with Gasteiger partial charge < -0.3 is 5.32 Å². The third-order valence-corrected chi connectivity index (χ3v) is 2.98. The second-order valence-electron chi connectivity index (χ2n) is 3.60. The molecular formula is C11H11Cl2FN4. The molecule has 0 saturated heterocycles. The molecular weight excluding hydrogens is 278 g/mol. The lowest BCUT2D eigenvalue weighted by Crippen LogP contribution is -2.09. The fourth-order valence-corrected chi connectivity index (χ4v) is 2.01. The van der Waals surface area contributed by atoms with E-state index < -0.39 is 5.82 Å². The lowest BCUT2D eigenvalue weighted by atomic mass is 10.3. The number of nitrogens with one attached hydrogen (secondary N) is 1. The summed E-state index contributed by atoms with van der Waals surface area (Å²) in [6, 6.07) is 2.96. The Bertz CT molecular complexity index is 533. The Hall–Kier alpha value is -1.33. The van der Waals surface area contributed by atoms with E-state index in [0.717, 1.165) is 12.4 Å². The molecule has 0 aliphatic carbocycles. The van der Waals surface area contributed by atoms with E-state index in [4.69, 9.17) is 23.2 Å². The number of halogens is 3. The first-order chi connectivity index (χ1) is 8.61. The van der Waals surface area contributed by atoms with Crippen molar-refractivity contribution in [2.24, 2.45) is 0 Å². The molecule has 1 heterocycles. The Kier molecular flexibility index (Phi) is 4.04. The van der Waals surface area contributed by atoms with Crippen LogP contribution in [0.2, 0.25) is 10.0 Å².